The van der Waals surface area contributed by atoms with Gasteiger partial charge in [0.25, 0.3) is 11.8 Å². The first-order valence-electron chi connectivity index (χ1n) is 7.82. The van der Waals surface area contributed by atoms with Gasteiger partial charge in [-0.1, -0.05) is 49.4 Å². The third kappa shape index (κ3) is 1.89. The van der Waals surface area contributed by atoms with Crippen molar-refractivity contribution in [2.24, 2.45) is 5.92 Å². The van der Waals surface area contributed by atoms with E-state index in [-0.39, 0.29) is 17.7 Å². The highest BCUT2D eigenvalue weighted by Crippen LogP contribution is 2.38. The van der Waals surface area contributed by atoms with Gasteiger partial charge in [0, 0.05) is 29.5 Å². The quantitative estimate of drug-likeness (QED) is 0.749. The smallest absolute Gasteiger partial charge is 0.261 e. The number of imide groups is 1. The van der Waals surface area contributed by atoms with Crippen molar-refractivity contribution < 1.29 is 9.59 Å². The number of rotatable bonds is 1. The molecule has 2 aromatic carbocycles. The number of carbonyl (C=O) groups excluding carboxylic acids is 2. The fourth-order valence-electron chi connectivity index (χ4n) is 3.64. The van der Waals surface area contributed by atoms with Crippen LogP contribution in [0.1, 0.15) is 39.1 Å². The molecule has 4 rings (SSSR count). The van der Waals surface area contributed by atoms with Crippen LogP contribution in [-0.2, 0) is 0 Å². The second-order valence-corrected chi connectivity index (χ2v) is 6.25. The zero-order valence-electron chi connectivity index (χ0n) is 13.1. The van der Waals surface area contributed by atoms with E-state index in [0.717, 1.165) is 10.8 Å². The molecule has 3 nitrogen and oxygen atoms in total. The Hall–Kier alpha value is -2.68. The molecule has 1 heterocycles. The van der Waals surface area contributed by atoms with Gasteiger partial charge in [0.05, 0.1) is 0 Å². The van der Waals surface area contributed by atoms with Crippen LogP contribution >= 0.6 is 0 Å². The van der Waals surface area contributed by atoms with Gasteiger partial charge in [-0.3, -0.25) is 14.5 Å². The molecule has 2 atom stereocenters. The van der Waals surface area contributed by atoms with E-state index >= 15 is 0 Å². The number of nitrogens with zero attached hydrogens (tertiary/aromatic N) is 1. The molecule has 0 bridgehead atoms. The van der Waals surface area contributed by atoms with Gasteiger partial charge in [0.2, 0.25) is 0 Å². The van der Waals surface area contributed by atoms with Crippen LogP contribution in [0.3, 0.4) is 0 Å². The number of carbonyl (C=O) groups is 2. The first-order valence-corrected chi connectivity index (χ1v) is 7.82. The van der Waals surface area contributed by atoms with Crippen molar-refractivity contribution in [2.75, 3.05) is 7.05 Å². The molecule has 0 spiro atoms. The van der Waals surface area contributed by atoms with E-state index in [1.54, 1.807) is 6.07 Å². The van der Waals surface area contributed by atoms with Gasteiger partial charge in [-0.25, -0.2) is 0 Å². The van der Waals surface area contributed by atoms with Gasteiger partial charge in [-0.15, -0.1) is 0 Å². The number of amides is 2. The van der Waals surface area contributed by atoms with Crippen molar-refractivity contribution in [3.05, 3.63) is 71.3 Å². The summed E-state index contributed by atoms with van der Waals surface area (Å²) in [6.07, 6.45) is 8.50. The number of hydrogen-bond acceptors (Lipinski definition) is 2. The van der Waals surface area contributed by atoms with E-state index in [1.807, 2.05) is 24.3 Å². The lowest BCUT2D eigenvalue weighted by Crippen LogP contribution is -2.37. The first kappa shape index (κ1) is 13.9. The van der Waals surface area contributed by atoms with E-state index < -0.39 is 0 Å². The molecule has 0 radical (unpaired) electrons. The van der Waals surface area contributed by atoms with E-state index in [4.69, 9.17) is 0 Å². The van der Waals surface area contributed by atoms with E-state index in [1.165, 1.54) is 17.5 Å². The minimum atomic E-state index is -0.225. The Morgan fingerprint density at radius 2 is 1.61 bits per heavy atom. The van der Waals surface area contributed by atoms with Crippen LogP contribution in [0.4, 0.5) is 0 Å². The molecule has 0 saturated heterocycles. The van der Waals surface area contributed by atoms with E-state index in [9.17, 15) is 9.59 Å². The van der Waals surface area contributed by atoms with Crippen molar-refractivity contribution >= 4 is 22.6 Å². The molecule has 2 amide bonds. The van der Waals surface area contributed by atoms with Crippen molar-refractivity contribution in [2.45, 2.75) is 12.8 Å². The fourth-order valence-corrected chi connectivity index (χ4v) is 3.64. The minimum Gasteiger partial charge on any atom is -0.277 e. The van der Waals surface area contributed by atoms with E-state index in [2.05, 4.69) is 31.2 Å². The summed E-state index contributed by atoms with van der Waals surface area (Å²) in [6.45, 7) is 2.18. The van der Waals surface area contributed by atoms with Gasteiger partial charge in [-0.05, 0) is 29.0 Å². The minimum absolute atomic E-state index is 0.225. The zero-order chi connectivity index (χ0) is 16.1. The van der Waals surface area contributed by atoms with Crippen molar-refractivity contribution in [1.29, 1.82) is 0 Å². The SMILES string of the molecule is CC1C=CC=CC1c1ccc2c3c(cccc13)C(=O)N(C)C2=O. The van der Waals surface area contributed by atoms with Gasteiger partial charge < -0.3 is 0 Å². The lowest BCUT2D eigenvalue weighted by Gasteiger charge is -2.27. The van der Waals surface area contributed by atoms with Gasteiger partial charge >= 0.3 is 0 Å². The standard InChI is InChI=1S/C20H17NO2/c1-12-6-3-4-7-13(12)14-10-11-17-18-15(14)8-5-9-16(18)19(22)21(2)20(17)23/h3-13H,1-2H3. The summed E-state index contributed by atoms with van der Waals surface area (Å²) in [6, 6.07) is 9.63. The van der Waals surface area contributed by atoms with Crippen LogP contribution < -0.4 is 0 Å². The molecule has 1 aliphatic heterocycles. The van der Waals surface area contributed by atoms with Crippen LogP contribution in [0, 0.1) is 5.92 Å². The highest BCUT2D eigenvalue weighted by molar-refractivity contribution is 6.25. The monoisotopic (exact) mass is 303 g/mol. The molecule has 23 heavy (non-hydrogen) atoms. The predicted octanol–water partition coefficient (Wildman–Crippen LogP) is 3.91. The second-order valence-electron chi connectivity index (χ2n) is 6.25. The summed E-state index contributed by atoms with van der Waals surface area (Å²) >= 11 is 0. The Bertz CT molecular complexity index is 885. The summed E-state index contributed by atoms with van der Waals surface area (Å²) in [5.74, 6) is 0.193. The maximum absolute atomic E-state index is 12.4. The molecule has 114 valence electrons. The molecule has 0 N–H and O–H groups in total. The molecular weight excluding hydrogens is 286 g/mol. The molecule has 2 aliphatic rings. The Morgan fingerprint density at radius 3 is 2.35 bits per heavy atom. The van der Waals surface area contributed by atoms with Gasteiger partial charge in [0.1, 0.15) is 0 Å². The van der Waals surface area contributed by atoms with Crippen LogP contribution in [0.15, 0.2) is 54.6 Å². The summed E-state index contributed by atoms with van der Waals surface area (Å²) in [7, 11) is 1.54. The lowest BCUT2D eigenvalue weighted by atomic mass is 9.80. The largest absolute Gasteiger partial charge is 0.277 e. The average molecular weight is 303 g/mol. The van der Waals surface area contributed by atoms with Gasteiger partial charge in [-0.2, -0.15) is 0 Å². The van der Waals surface area contributed by atoms with Crippen molar-refractivity contribution in [1.82, 2.24) is 4.90 Å². The first-order chi connectivity index (χ1) is 11.1. The Labute approximate surface area is 134 Å². The number of benzene rings is 2. The normalized spacial score (nSPS) is 23.0. The lowest BCUT2D eigenvalue weighted by molar-refractivity contribution is 0.0650. The predicted molar refractivity (Wildman–Crippen MR) is 90.6 cm³/mol. The van der Waals surface area contributed by atoms with Crippen molar-refractivity contribution in [3.63, 3.8) is 0 Å². The zero-order valence-corrected chi connectivity index (χ0v) is 13.1. The Kier molecular flexibility index (Phi) is 2.98. The Morgan fingerprint density at radius 1 is 0.913 bits per heavy atom. The summed E-state index contributed by atoms with van der Waals surface area (Å²) in [4.78, 5) is 26.1. The average Bonchev–Trinajstić information content (AvgIpc) is 2.58. The highest BCUT2D eigenvalue weighted by atomic mass is 16.2. The van der Waals surface area contributed by atoms with Crippen LogP contribution in [0.5, 0.6) is 0 Å². The maximum Gasteiger partial charge on any atom is 0.261 e. The topological polar surface area (TPSA) is 37.4 Å². The van der Waals surface area contributed by atoms with Crippen LogP contribution in [0.2, 0.25) is 0 Å². The second kappa shape index (κ2) is 4.92. The summed E-state index contributed by atoms with van der Waals surface area (Å²) in [5.41, 5.74) is 2.40. The van der Waals surface area contributed by atoms with Crippen molar-refractivity contribution in [3.8, 4) is 0 Å². The van der Waals surface area contributed by atoms with Crippen LogP contribution in [-0.4, -0.2) is 23.8 Å². The van der Waals surface area contributed by atoms with Crippen LogP contribution in [0.25, 0.3) is 10.8 Å². The maximum atomic E-state index is 12.4. The Balaban J connectivity index is 2.02. The highest BCUT2D eigenvalue weighted by Gasteiger charge is 2.31. The summed E-state index contributed by atoms with van der Waals surface area (Å²) < 4.78 is 0. The third-order valence-corrected chi connectivity index (χ3v) is 4.91. The molecule has 2 aromatic rings. The molecule has 2 unspecified atom stereocenters. The number of allylic oxidation sites excluding steroid dienone is 4. The van der Waals surface area contributed by atoms with Gasteiger partial charge in [0.15, 0.2) is 0 Å². The summed E-state index contributed by atoms with van der Waals surface area (Å²) in [5, 5.41) is 1.81. The molecular formula is C20H17NO2. The van der Waals surface area contributed by atoms with E-state index in [0.29, 0.717) is 17.0 Å². The molecule has 3 heteroatoms. The third-order valence-electron chi connectivity index (χ3n) is 4.91. The number of hydrogen-bond donors (Lipinski definition) is 0. The molecule has 0 aromatic heterocycles. The molecule has 1 aliphatic carbocycles. The molecule has 0 fully saturated rings. The fraction of sp³-hybridized carbons (Fsp3) is 0.200. The molecule has 0 saturated carbocycles.